The summed E-state index contributed by atoms with van der Waals surface area (Å²) in [7, 11) is 0. The van der Waals surface area contributed by atoms with Gasteiger partial charge in [-0.15, -0.1) is 0 Å². The fraction of sp³-hybridized carbons (Fsp3) is 0.143. The Morgan fingerprint density at radius 1 is 1.04 bits per heavy atom. The summed E-state index contributed by atoms with van der Waals surface area (Å²) in [6, 6.07) is 16.4. The number of hydrogen-bond donors (Lipinski definition) is 2. The number of fused-ring (bicyclic) bond motifs is 1. The van der Waals surface area contributed by atoms with Crippen molar-refractivity contribution in [2.24, 2.45) is 0 Å². The molecule has 1 aliphatic heterocycles. The molecule has 6 nitrogen and oxygen atoms in total. The Hall–Kier alpha value is -3.25. The van der Waals surface area contributed by atoms with E-state index in [0.29, 0.717) is 35.1 Å². The minimum Gasteiger partial charge on any atom is -0.454 e. The van der Waals surface area contributed by atoms with Crippen LogP contribution in [0.1, 0.15) is 15.9 Å². The second-order valence-corrected chi connectivity index (χ2v) is 6.69. The number of amides is 1. The number of ether oxygens (including phenoxy) is 2. The van der Waals surface area contributed by atoms with Gasteiger partial charge in [0.05, 0.1) is 0 Å². The molecule has 2 heterocycles. The Morgan fingerprint density at radius 2 is 1.86 bits per heavy atom. The topological polar surface area (TPSA) is 72.5 Å². The fourth-order valence-electron chi connectivity index (χ4n) is 2.83. The van der Waals surface area contributed by atoms with Crippen LogP contribution in [0.5, 0.6) is 11.5 Å². The highest BCUT2D eigenvalue weighted by Gasteiger charge is 2.15. The van der Waals surface area contributed by atoms with Crippen molar-refractivity contribution < 1.29 is 14.3 Å². The number of anilines is 2. The first-order valence-electron chi connectivity index (χ1n) is 8.83. The highest BCUT2D eigenvalue weighted by atomic mass is 35.5. The number of benzene rings is 2. The van der Waals surface area contributed by atoms with Crippen LogP contribution in [0.2, 0.25) is 5.02 Å². The Balaban J connectivity index is 1.36. The average molecular weight is 396 g/mol. The van der Waals surface area contributed by atoms with E-state index in [1.165, 1.54) is 5.56 Å². The SMILES string of the molecule is O=C(Nc1ccc2c(c1)OCO2)c1ccnc(NCCc2ccc(Cl)cc2)c1. The number of hydrogen-bond acceptors (Lipinski definition) is 5. The molecule has 0 saturated heterocycles. The molecular weight excluding hydrogens is 378 g/mol. The molecule has 3 aromatic rings. The zero-order chi connectivity index (χ0) is 19.3. The fourth-order valence-corrected chi connectivity index (χ4v) is 2.96. The highest BCUT2D eigenvalue weighted by Crippen LogP contribution is 2.34. The van der Waals surface area contributed by atoms with Crippen LogP contribution in [0.25, 0.3) is 0 Å². The molecule has 0 fully saturated rings. The lowest BCUT2D eigenvalue weighted by Gasteiger charge is -2.09. The van der Waals surface area contributed by atoms with Gasteiger partial charge in [0.2, 0.25) is 6.79 Å². The maximum atomic E-state index is 12.5. The summed E-state index contributed by atoms with van der Waals surface area (Å²) in [5.41, 5.74) is 2.33. The zero-order valence-electron chi connectivity index (χ0n) is 14.9. The minimum absolute atomic E-state index is 0.197. The van der Waals surface area contributed by atoms with E-state index in [4.69, 9.17) is 21.1 Å². The van der Waals surface area contributed by atoms with Crippen LogP contribution in [0.3, 0.4) is 0 Å². The molecule has 28 heavy (non-hydrogen) atoms. The van der Waals surface area contributed by atoms with Crippen LogP contribution >= 0.6 is 11.6 Å². The van der Waals surface area contributed by atoms with Gasteiger partial charge >= 0.3 is 0 Å². The van der Waals surface area contributed by atoms with Gasteiger partial charge in [-0.2, -0.15) is 0 Å². The van der Waals surface area contributed by atoms with E-state index in [2.05, 4.69) is 15.6 Å². The van der Waals surface area contributed by atoms with Crippen LogP contribution in [0.4, 0.5) is 11.5 Å². The lowest BCUT2D eigenvalue weighted by Crippen LogP contribution is -2.13. The van der Waals surface area contributed by atoms with Crippen molar-refractivity contribution in [3.63, 3.8) is 0 Å². The second-order valence-electron chi connectivity index (χ2n) is 6.26. The molecule has 0 radical (unpaired) electrons. The van der Waals surface area contributed by atoms with E-state index in [-0.39, 0.29) is 12.7 Å². The number of aromatic nitrogens is 1. The molecule has 0 aliphatic carbocycles. The van der Waals surface area contributed by atoms with Crippen LogP contribution in [0.15, 0.2) is 60.8 Å². The Kier molecular flexibility index (Phi) is 5.30. The predicted molar refractivity (Wildman–Crippen MR) is 108 cm³/mol. The standard InChI is InChI=1S/C21H18ClN3O3/c22-16-3-1-14(2-4-16)7-9-23-20-11-15(8-10-24-20)21(26)25-17-5-6-18-19(12-17)28-13-27-18/h1-6,8,10-12H,7,9,13H2,(H,23,24)(H,25,26). The normalized spacial score (nSPS) is 11.9. The molecule has 0 saturated carbocycles. The van der Waals surface area contributed by atoms with E-state index >= 15 is 0 Å². The number of nitrogens with one attached hydrogen (secondary N) is 2. The molecule has 0 atom stereocenters. The molecule has 7 heteroatoms. The Labute approximate surface area is 167 Å². The van der Waals surface area contributed by atoms with Crippen molar-refractivity contribution in [2.75, 3.05) is 24.0 Å². The molecule has 1 aliphatic rings. The summed E-state index contributed by atoms with van der Waals surface area (Å²) >= 11 is 5.90. The first-order chi connectivity index (χ1) is 13.7. The molecule has 0 bridgehead atoms. The smallest absolute Gasteiger partial charge is 0.255 e. The lowest BCUT2D eigenvalue weighted by molar-refractivity contribution is 0.102. The third kappa shape index (κ3) is 4.35. The highest BCUT2D eigenvalue weighted by molar-refractivity contribution is 6.30. The van der Waals surface area contributed by atoms with Gasteiger partial charge in [0.25, 0.3) is 5.91 Å². The third-order valence-corrected chi connectivity index (χ3v) is 4.54. The van der Waals surface area contributed by atoms with Gasteiger partial charge in [-0.3, -0.25) is 4.79 Å². The zero-order valence-corrected chi connectivity index (χ0v) is 15.7. The largest absolute Gasteiger partial charge is 0.454 e. The van der Waals surface area contributed by atoms with Crippen LogP contribution in [-0.4, -0.2) is 24.2 Å². The second kappa shape index (κ2) is 8.19. The third-order valence-electron chi connectivity index (χ3n) is 4.29. The monoisotopic (exact) mass is 395 g/mol. The first-order valence-corrected chi connectivity index (χ1v) is 9.20. The molecule has 0 spiro atoms. The molecule has 1 aromatic heterocycles. The molecule has 142 valence electrons. The number of carbonyl (C=O) groups excluding carboxylic acids is 1. The minimum atomic E-state index is -0.220. The summed E-state index contributed by atoms with van der Waals surface area (Å²) < 4.78 is 10.6. The summed E-state index contributed by atoms with van der Waals surface area (Å²) in [5, 5.41) is 6.82. The van der Waals surface area contributed by atoms with Crippen LogP contribution in [0, 0.1) is 0 Å². The van der Waals surface area contributed by atoms with Crippen molar-refractivity contribution in [2.45, 2.75) is 6.42 Å². The van der Waals surface area contributed by atoms with Crippen LogP contribution < -0.4 is 20.1 Å². The van der Waals surface area contributed by atoms with Crippen molar-refractivity contribution in [1.82, 2.24) is 4.98 Å². The van der Waals surface area contributed by atoms with Gasteiger partial charge < -0.3 is 20.1 Å². The molecule has 2 aromatic carbocycles. The van der Waals surface area contributed by atoms with Gasteiger partial charge in [0.15, 0.2) is 11.5 Å². The number of rotatable bonds is 6. The molecular formula is C21H18ClN3O3. The summed E-state index contributed by atoms with van der Waals surface area (Å²) in [6.45, 7) is 0.893. The number of pyridine rings is 1. The van der Waals surface area contributed by atoms with Gasteiger partial charge in [-0.25, -0.2) is 4.98 Å². The predicted octanol–water partition coefficient (Wildman–Crippen LogP) is 4.37. The quantitative estimate of drug-likeness (QED) is 0.648. The van der Waals surface area contributed by atoms with Crippen molar-refractivity contribution >= 4 is 29.0 Å². The number of carbonyl (C=O) groups is 1. The molecule has 1 amide bonds. The first kappa shape index (κ1) is 18.1. The average Bonchev–Trinajstić information content (AvgIpc) is 3.18. The van der Waals surface area contributed by atoms with Gasteiger partial charge in [-0.05, 0) is 48.4 Å². The van der Waals surface area contributed by atoms with E-state index < -0.39 is 0 Å². The maximum Gasteiger partial charge on any atom is 0.255 e. The summed E-state index contributed by atoms with van der Waals surface area (Å²) in [4.78, 5) is 16.8. The molecule has 4 rings (SSSR count). The Bertz CT molecular complexity index is 992. The van der Waals surface area contributed by atoms with Gasteiger partial charge in [-0.1, -0.05) is 23.7 Å². The van der Waals surface area contributed by atoms with Crippen LogP contribution in [-0.2, 0) is 6.42 Å². The summed E-state index contributed by atoms with van der Waals surface area (Å²) in [5.74, 6) is 1.72. The van der Waals surface area contributed by atoms with E-state index in [1.54, 1.807) is 36.5 Å². The van der Waals surface area contributed by atoms with E-state index in [0.717, 1.165) is 11.4 Å². The van der Waals surface area contributed by atoms with Crippen molar-refractivity contribution in [1.29, 1.82) is 0 Å². The van der Waals surface area contributed by atoms with E-state index in [9.17, 15) is 4.79 Å². The number of nitrogens with zero attached hydrogens (tertiary/aromatic N) is 1. The van der Waals surface area contributed by atoms with E-state index in [1.807, 2.05) is 24.3 Å². The maximum absolute atomic E-state index is 12.5. The molecule has 0 unspecified atom stereocenters. The Morgan fingerprint density at radius 3 is 2.71 bits per heavy atom. The lowest BCUT2D eigenvalue weighted by atomic mass is 10.1. The van der Waals surface area contributed by atoms with Gasteiger partial charge in [0.1, 0.15) is 5.82 Å². The molecule has 2 N–H and O–H groups in total. The summed E-state index contributed by atoms with van der Waals surface area (Å²) in [6.07, 6.45) is 2.44. The van der Waals surface area contributed by atoms with Crippen molar-refractivity contribution in [3.05, 3.63) is 76.9 Å². The number of halogens is 1. The van der Waals surface area contributed by atoms with Crippen molar-refractivity contribution in [3.8, 4) is 11.5 Å². The van der Waals surface area contributed by atoms with Gasteiger partial charge in [0, 0.05) is 35.1 Å².